The van der Waals surface area contributed by atoms with Gasteiger partial charge in [-0.05, 0) is 42.5 Å². The number of pyridine rings is 1. The molecule has 0 aliphatic heterocycles. The number of hydrogen-bond acceptors (Lipinski definition) is 3. The number of carbonyl (C=O) groups excluding carboxylic acids is 1. The molecule has 1 aromatic heterocycles. The third-order valence-corrected chi connectivity index (χ3v) is 3.98. The zero-order valence-corrected chi connectivity index (χ0v) is 16.3. The van der Waals surface area contributed by atoms with Gasteiger partial charge in [0.1, 0.15) is 12.0 Å². The number of thiocarbonyl (C=S) groups is 1. The molecule has 0 radical (unpaired) electrons. The first kappa shape index (κ1) is 20.0. The Morgan fingerprint density at radius 3 is 2.48 bits per heavy atom. The van der Waals surface area contributed by atoms with E-state index in [-0.39, 0.29) is 5.11 Å². The van der Waals surface area contributed by atoms with Crippen LogP contribution in [-0.4, -0.2) is 26.0 Å². The van der Waals surface area contributed by atoms with Crippen molar-refractivity contribution >= 4 is 75.5 Å². The van der Waals surface area contributed by atoms with Crippen molar-refractivity contribution in [2.75, 3.05) is 5.32 Å². The first-order valence-electron chi connectivity index (χ1n) is 6.87. The van der Waals surface area contributed by atoms with Gasteiger partial charge in [0.15, 0.2) is 5.11 Å². The summed E-state index contributed by atoms with van der Waals surface area (Å²) in [6, 6.07) is 11.6. The lowest BCUT2D eigenvalue weighted by Gasteiger charge is -2.27. The normalized spacial score (nSPS) is 12.2. The van der Waals surface area contributed by atoms with Crippen molar-refractivity contribution in [3.8, 4) is 0 Å². The molecule has 5 nitrogen and oxygen atoms in total. The van der Waals surface area contributed by atoms with E-state index in [4.69, 9.17) is 58.6 Å². The zero-order chi connectivity index (χ0) is 18.4. The second kappa shape index (κ2) is 8.87. The van der Waals surface area contributed by atoms with Crippen LogP contribution in [0, 0.1) is 0 Å². The molecule has 0 saturated carbocycles. The fraction of sp³-hybridized carbons (Fsp3) is 0.133. The smallest absolute Gasteiger partial charge is 0.253 e. The quantitative estimate of drug-likeness (QED) is 0.381. The van der Waals surface area contributed by atoms with Crippen LogP contribution in [0.15, 0.2) is 48.7 Å². The van der Waals surface area contributed by atoms with E-state index in [9.17, 15) is 4.79 Å². The van der Waals surface area contributed by atoms with Crippen molar-refractivity contribution in [2.24, 2.45) is 0 Å². The number of carbonyl (C=O) groups is 1. The van der Waals surface area contributed by atoms with Crippen molar-refractivity contribution < 1.29 is 4.79 Å². The lowest BCUT2D eigenvalue weighted by molar-refractivity contribution is 0.0934. The van der Waals surface area contributed by atoms with Gasteiger partial charge in [-0.25, -0.2) is 4.98 Å². The number of aromatic nitrogens is 1. The third kappa shape index (κ3) is 6.49. The predicted octanol–water partition coefficient (Wildman–Crippen LogP) is 4.15. The maximum atomic E-state index is 12.3. The maximum absolute atomic E-state index is 12.3. The van der Waals surface area contributed by atoms with Gasteiger partial charge in [0.25, 0.3) is 5.91 Å². The summed E-state index contributed by atoms with van der Waals surface area (Å²) in [6.45, 7) is 0. The first-order valence-corrected chi connectivity index (χ1v) is 8.79. The van der Waals surface area contributed by atoms with Gasteiger partial charge in [0, 0.05) is 16.8 Å². The van der Waals surface area contributed by atoms with Crippen molar-refractivity contribution in [1.82, 2.24) is 15.6 Å². The number of nitrogens with zero attached hydrogens (tertiary/aromatic N) is 1. The van der Waals surface area contributed by atoms with Gasteiger partial charge in [-0.3, -0.25) is 4.79 Å². The summed E-state index contributed by atoms with van der Waals surface area (Å²) in [5.74, 6) is 0.0243. The molecule has 1 amide bonds. The lowest BCUT2D eigenvalue weighted by Crippen LogP contribution is -2.56. The minimum Gasteiger partial charge on any atom is -0.339 e. The fourth-order valence-corrected chi connectivity index (χ4v) is 2.50. The van der Waals surface area contributed by atoms with Gasteiger partial charge in [-0.2, -0.15) is 0 Å². The highest BCUT2D eigenvalue weighted by Gasteiger charge is 2.35. The molecule has 25 heavy (non-hydrogen) atoms. The number of rotatable bonds is 4. The molecule has 1 heterocycles. The Kier molecular flexibility index (Phi) is 7.10. The first-order chi connectivity index (χ1) is 11.8. The maximum Gasteiger partial charge on any atom is 0.253 e. The van der Waals surface area contributed by atoms with Crippen LogP contribution in [0.25, 0.3) is 0 Å². The van der Waals surface area contributed by atoms with Crippen LogP contribution < -0.4 is 16.0 Å². The molecule has 0 saturated heterocycles. The second-order valence-electron chi connectivity index (χ2n) is 4.77. The molecule has 0 unspecified atom stereocenters. The monoisotopic (exact) mass is 436 g/mol. The highest BCUT2D eigenvalue weighted by atomic mass is 35.6. The summed E-state index contributed by atoms with van der Waals surface area (Å²) >= 11 is 28.8. The summed E-state index contributed by atoms with van der Waals surface area (Å²) in [5, 5.41) is 8.67. The molecule has 0 bridgehead atoms. The van der Waals surface area contributed by atoms with Crippen LogP contribution >= 0.6 is 58.6 Å². The number of nitrogens with one attached hydrogen (secondary N) is 3. The molecule has 132 valence electrons. The molecule has 10 heteroatoms. The Bertz CT molecular complexity index is 755. The van der Waals surface area contributed by atoms with Crippen LogP contribution in [0.5, 0.6) is 0 Å². The van der Waals surface area contributed by atoms with Crippen LogP contribution in [0.4, 0.5) is 5.82 Å². The SMILES string of the molecule is O=C(N[C@H](NC(=S)Nc1ccccn1)C(Cl)(Cl)Cl)c1cccc(Cl)c1. The molecule has 0 aliphatic carbocycles. The van der Waals surface area contributed by atoms with Gasteiger partial charge in [0.05, 0.1) is 0 Å². The molecule has 1 aromatic carbocycles. The molecule has 0 fully saturated rings. The van der Waals surface area contributed by atoms with Crippen LogP contribution in [0.2, 0.25) is 5.02 Å². The van der Waals surface area contributed by atoms with E-state index in [1.165, 1.54) is 6.07 Å². The largest absolute Gasteiger partial charge is 0.339 e. The fourth-order valence-electron chi connectivity index (χ4n) is 1.76. The predicted molar refractivity (Wildman–Crippen MR) is 107 cm³/mol. The van der Waals surface area contributed by atoms with E-state index in [1.807, 2.05) is 0 Å². The molecule has 3 N–H and O–H groups in total. The zero-order valence-electron chi connectivity index (χ0n) is 12.5. The molecule has 1 atom stereocenters. The Labute approximate surface area is 170 Å². The van der Waals surface area contributed by atoms with Crippen molar-refractivity contribution in [3.05, 3.63) is 59.2 Å². The summed E-state index contributed by atoms with van der Waals surface area (Å²) in [7, 11) is 0. The van der Waals surface area contributed by atoms with Crippen molar-refractivity contribution in [3.63, 3.8) is 0 Å². The highest BCUT2D eigenvalue weighted by molar-refractivity contribution is 7.80. The van der Waals surface area contributed by atoms with Gasteiger partial charge in [-0.1, -0.05) is 58.5 Å². The Morgan fingerprint density at radius 1 is 1.12 bits per heavy atom. The average Bonchev–Trinajstić information content (AvgIpc) is 2.54. The minimum atomic E-state index is -1.86. The van der Waals surface area contributed by atoms with Gasteiger partial charge in [-0.15, -0.1) is 0 Å². The Morgan fingerprint density at radius 2 is 1.88 bits per heavy atom. The number of anilines is 1. The number of alkyl halides is 3. The standard InChI is InChI=1S/C15H12Cl4N4OS/c16-10-5-3-4-9(8-10)12(24)22-13(15(17,18)19)23-14(25)21-11-6-1-2-7-20-11/h1-8,13H,(H,22,24)(H2,20,21,23,25)/t13-/m1/s1. The van der Waals surface area contributed by atoms with Crippen molar-refractivity contribution in [2.45, 2.75) is 9.96 Å². The molecular weight excluding hydrogens is 426 g/mol. The van der Waals surface area contributed by atoms with E-state index < -0.39 is 15.9 Å². The third-order valence-electron chi connectivity index (χ3n) is 2.87. The molecular formula is C15H12Cl4N4OS. The summed E-state index contributed by atoms with van der Waals surface area (Å²) in [4.78, 5) is 16.4. The van der Waals surface area contributed by atoms with E-state index in [0.717, 1.165) is 0 Å². The average molecular weight is 438 g/mol. The number of amides is 1. The van der Waals surface area contributed by atoms with Gasteiger partial charge in [0.2, 0.25) is 3.79 Å². The topological polar surface area (TPSA) is 66.1 Å². The summed E-state index contributed by atoms with van der Waals surface area (Å²) < 4.78 is -1.86. The number of hydrogen-bond donors (Lipinski definition) is 3. The van der Waals surface area contributed by atoms with E-state index >= 15 is 0 Å². The number of halogens is 4. The van der Waals surface area contributed by atoms with Crippen LogP contribution in [0.3, 0.4) is 0 Å². The van der Waals surface area contributed by atoms with E-state index in [1.54, 1.807) is 42.6 Å². The minimum absolute atomic E-state index is 0.126. The Hall–Kier alpha value is -1.31. The molecule has 2 rings (SSSR count). The van der Waals surface area contributed by atoms with Gasteiger partial charge >= 0.3 is 0 Å². The number of benzene rings is 1. The van der Waals surface area contributed by atoms with Crippen LogP contribution in [0.1, 0.15) is 10.4 Å². The van der Waals surface area contributed by atoms with E-state index in [0.29, 0.717) is 16.4 Å². The Balaban J connectivity index is 2.06. The molecule has 0 spiro atoms. The van der Waals surface area contributed by atoms with Crippen molar-refractivity contribution in [1.29, 1.82) is 0 Å². The molecule has 2 aromatic rings. The second-order valence-corrected chi connectivity index (χ2v) is 7.99. The van der Waals surface area contributed by atoms with Gasteiger partial charge < -0.3 is 16.0 Å². The molecule has 0 aliphatic rings. The summed E-state index contributed by atoms with van der Waals surface area (Å²) in [5.41, 5.74) is 0.317. The van der Waals surface area contributed by atoms with Crippen LogP contribution in [-0.2, 0) is 0 Å². The summed E-state index contributed by atoms with van der Waals surface area (Å²) in [6.07, 6.45) is 0.505. The highest BCUT2D eigenvalue weighted by Crippen LogP contribution is 2.29. The van der Waals surface area contributed by atoms with E-state index in [2.05, 4.69) is 20.9 Å². The lowest BCUT2D eigenvalue weighted by atomic mass is 10.2.